The van der Waals surface area contributed by atoms with Crippen LogP contribution in [0.5, 0.6) is 0 Å². The molecule has 2 rings (SSSR count). The van der Waals surface area contributed by atoms with Crippen molar-refractivity contribution in [2.75, 3.05) is 33.0 Å². The van der Waals surface area contributed by atoms with E-state index >= 15 is 0 Å². The summed E-state index contributed by atoms with van der Waals surface area (Å²) in [6.45, 7) is 3.02. The van der Waals surface area contributed by atoms with E-state index in [1.165, 1.54) is 0 Å². The Morgan fingerprint density at radius 2 is 1.05 bits per heavy atom. The van der Waals surface area contributed by atoms with E-state index in [4.69, 9.17) is 28.4 Å². The first-order chi connectivity index (χ1) is 28.6. The van der Waals surface area contributed by atoms with Crippen LogP contribution in [0.3, 0.4) is 0 Å². The number of rotatable bonds is 30. The van der Waals surface area contributed by atoms with E-state index in [9.17, 15) is 40.5 Å². The van der Waals surface area contributed by atoms with Crippen molar-refractivity contribution in [3.05, 3.63) is 85.1 Å². The predicted octanol–water partition coefficient (Wildman–Crippen LogP) is 4.17. The fourth-order valence-electron chi connectivity index (χ4n) is 5.95. The van der Waals surface area contributed by atoms with Crippen LogP contribution in [0.15, 0.2) is 85.1 Å². The molecule has 2 saturated heterocycles. The molecule has 11 atom stereocenters. The van der Waals surface area contributed by atoms with Crippen molar-refractivity contribution in [2.45, 2.75) is 158 Å². The second-order valence-electron chi connectivity index (χ2n) is 14.4. The zero-order valence-electron chi connectivity index (χ0n) is 34.9. The van der Waals surface area contributed by atoms with Crippen LogP contribution in [0.1, 0.15) is 90.9 Å². The Balaban J connectivity index is 1.65. The van der Waals surface area contributed by atoms with Crippen molar-refractivity contribution >= 4 is 5.97 Å². The lowest BCUT2D eigenvalue weighted by Gasteiger charge is -2.42. The van der Waals surface area contributed by atoms with Gasteiger partial charge in [0.25, 0.3) is 0 Å². The Labute approximate surface area is 350 Å². The third-order valence-corrected chi connectivity index (χ3v) is 9.39. The van der Waals surface area contributed by atoms with Crippen LogP contribution in [-0.2, 0) is 33.2 Å². The average molecular weight is 837 g/mol. The second-order valence-corrected chi connectivity index (χ2v) is 14.4. The highest BCUT2D eigenvalue weighted by molar-refractivity contribution is 5.69. The highest BCUT2D eigenvalue weighted by Gasteiger charge is 2.47. The Morgan fingerprint density at radius 3 is 1.56 bits per heavy atom. The minimum atomic E-state index is -1.71. The number of esters is 1. The Hall–Kier alpha value is -2.83. The van der Waals surface area contributed by atoms with Gasteiger partial charge in [-0.25, -0.2) is 0 Å². The van der Waals surface area contributed by atoms with Crippen molar-refractivity contribution in [1.82, 2.24) is 0 Å². The summed E-state index contributed by atoms with van der Waals surface area (Å²) in [6.07, 6.45) is 24.3. The smallest absolute Gasteiger partial charge is 0.306 e. The van der Waals surface area contributed by atoms with Gasteiger partial charge in [-0.1, -0.05) is 98.9 Å². The SMILES string of the molecule is CC/C=C\C/C=C\C/C=C\C/C=C\C/C=C\C/C=C\C/C=C\CCCCOCC(COC1OC(COC2OC(CO)C(O)C(O)C2O)C(O)C(O)C1O)OC(=O)CCC. The highest BCUT2D eigenvalue weighted by Crippen LogP contribution is 2.26. The number of carbonyl (C=O) groups excluding carboxylic acids is 1. The first-order valence-corrected chi connectivity index (χ1v) is 21.2. The van der Waals surface area contributed by atoms with Gasteiger partial charge < -0.3 is 64.2 Å². The maximum atomic E-state index is 12.3. The minimum absolute atomic E-state index is 0.0195. The molecule has 0 saturated carbocycles. The predicted molar refractivity (Wildman–Crippen MR) is 224 cm³/mol. The summed E-state index contributed by atoms with van der Waals surface area (Å²) in [4.78, 5) is 12.3. The normalized spacial score (nSPS) is 28.8. The van der Waals surface area contributed by atoms with E-state index < -0.39 is 86.7 Å². The number of aliphatic hydroxyl groups is 7. The summed E-state index contributed by atoms with van der Waals surface area (Å²) in [7, 11) is 0. The third-order valence-electron chi connectivity index (χ3n) is 9.39. The maximum absolute atomic E-state index is 12.3. The molecule has 2 fully saturated rings. The highest BCUT2D eigenvalue weighted by atomic mass is 16.7. The molecule has 0 aromatic heterocycles. The zero-order valence-corrected chi connectivity index (χ0v) is 34.9. The van der Waals surface area contributed by atoms with Gasteiger partial charge in [0.1, 0.15) is 54.9 Å². The number of unbranched alkanes of at least 4 members (excludes halogenated alkanes) is 2. The van der Waals surface area contributed by atoms with Gasteiger partial charge in [-0.3, -0.25) is 4.79 Å². The number of hydrogen-bond donors (Lipinski definition) is 7. The lowest BCUT2D eigenvalue weighted by Crippen LogP contribution is -2.61. The molecule has 2 aliphatic heterocycles. The van der Waals surface area contributed by atoms with Gasteiger partial charge in [0.15, 0.2) is 12.6 Å². The number of carbonyl (C=O) groups is 1. The fraction of sp³-hybridized carbons (Fsp3) is 0.667. The first-order valence-electron chi connectivity index (χ1n) is 21.2. The van der Waals surface area contributed by atoms with Gasteiger partial charge in [0, 0.05) is 13.0 Å². The van der Waals surface area contributed by atoms with Crippen LogP contribution in [-0.4, -0.2) is 142 Å². The van der Waals surface area contributed by atoms with Crippen molar-refractivity contribution in [1.29, 1.82) is 0 Å². The van der Waals surface area contributed by atoms with Crippen LogP contribution >= 0.6 is 0 Å². The Kier molecular flexibility index (Phi) is 29.2. The molecule has 0 aliphatic carbocycles. The maximum Gasteiger partial charge on any atom is 0.306 e. The standard InChI is InChI=1S/C45H72O14/c1-3-5-6-7-8-9-10-11-12-13-14-15-16-17-18-19-20-21-22-23-24-25-26-27-29-54-31-34(57-37(47)28-4-2)32-55-44-43(53)41(51)39(49)36(59-44)33-56-45-42(52)40(50)38(48)35(30-46)58-45/h5-6,8-9,11-12,14-15,17-18,20-21,23-24,34-36,38-46,48-53H,3-4,7,10,13,16,19,22,25-33H2,1-2H3/b6-5-,9-8-,12-11-,15-14-,18-17-,21-20-,24-23-. The summed E-state index contributed by atoms with van der Waals surface area (Å²) in [5, 5.41) is 71.2. The van der Waals surface area contributed by atoms with Gasteiger partial charge in [-0.15, -0.1) is 0 Å². The Bertz CT molecular complexity index is 1290. The molecule has 0 amide bonds. The van der Waals surface area contributed by atoms with E-state index in [-0.39, 0.29) is 19.6 Å². The van der Waals surface area contributed by atoms with Crippen LogP contribution in [0.25, 0.3) is 0 Å². The number of allylic oxidation sites excluding steroid dienone is 14. The largest absolute Gasteiger partial charge is 0.457 e. The molecule has 2 heterocycles. The molecule has 0 aromatic carbocycles. The van der Waals surface area contributed by atoms with Gasteiger partial charge in [-0.2, -0.15) is 0 Å². The van der Waals surface area contributed by atoms with Crippen LogP contribution in [0, 0.1) is 0 Å². The molecule has 14 heteroatoms. The van der Waals surface area contributed by atoms with E-state index in [1.807, 2.05) is 6.92 Å². The minimum Gasteiger partial charge on any atom is -0.457 e. The Morgan fingerprint density at radius 1 is 0.576 bits per heavy atom. The van der Waals surface area contributed by atoms with Gasteiger partial charge in [0.05, 0.1) is 26.4 Å². The van der Waals surface area contributed by atoms with Crippen LogP contribution in [0.2, 0.25) is 0 Å². The monoisotopic (exact) mass is 836 g/mol. The second kappa shape index (κ2) is 32.9. The summed E-state index contributed by atoms with van der Waals surface area (Å²) in [5.41, 5.74) is 0. The molecule has 59 heavy (non-hydrogen) atoms. The third kappa shape index (κ3) is 22.0. The quantitative estimate of drug-likeness (QED) is 0.0308. The van der Waals surface area contributed by atoms with Gasteiger partial charge >= 0.3 is 5.97 Å². The van der Waals surface area contributed by atoms with Crippen molar-refractivity contribution in [2.24, 2.45) is 0 Å². The molecule has 0 spiro atoms. The lowest BCUT2D eigenvalue weighted by atomic mass is 9.98. The molecule has 0 aromatic rings. The number of aliphatic hydroxyl groups excluding tert-OH is 7. The molecule has 11 unspecified atom stereocenters. The van der Waals surface area contributed by atoms with Gasteiger partial charge in [-0.05, 0) is 70.6 Å². The zero-order chi connectivity index (χ0) is 43.1. The van der Waals surface area contributed by atoms with Crippen LogP contribution in [0.4, 0.5) is 0 Å². The topological polar surface area (TPSA) is 214 Å². The summed E-state index contributed by atoms with van der Waals surface area (Å²) in [6, 6.07) is 0. The molecule has 14 nitrogen and oxygen atoms in total. The fourth-order valence-corrected chi connectivity index (χ4v) is 5.95. The van der Waals surface area contributed by atoms with E-state index in [0.29, 0.717) is 13.0 Å². The molecule has 7 N–H and O–H groups in total. The van der Waals surface area contributed by atoms with E-state index in [0.717, 1.165) is 64.2 Å². The van der Waals surface area contributed by atoms with Crippen LogP contribution < -0.4 is 0 Å². The van der Waals surface area contributed by atoms with E-state index in [1.54, 1.807) is 0 Å². The number of hydrogen-bond acceptors (Lipinski definition) is 14. The van der Waals surface area contributed by atoms with E-state index in [2.05, 4.69) is 92.0 Å². The van der Waals surface area contributed by atoms with Crippen molar-refractivity contribution < 1.29 is 69.0 Å². The molecule has 2 aliphatic rings. The summed E-state index contributed by atoms with van der Waals surface area (Å²) < 4.78 is 33.4. The summed E-state index contributed by atoms with van der Waals surface area (Å²) >= 11 is 0. The molecule has 336 valence electrons. The lowest BCUT2D eigenvalue weighted by molar-refractivity contribution is -0.332. The molecular weight excluding hydrogens is 764 g/mol. The first kappa shape index (κ1) is 52.3. The molecule has 0 bridgehead atoms. The van der Waals surface area contributed by atoms with Gasteiger partial charge in [0.2, 0.25) is 0 Å². The summed E-state index contributed by atoms with van der Waals surface area (Å²) in [5.74, 6) is -0.451. The van der Waals surface area contributed by atoms with Crippen molar-refractivity contribution in [3.63, 3.8) is 0 Å². The van der Waals surface area contributed by atoms with Crippen molar-refractivity contribution in [3.8, 4) is 0 Å². The average Bonchev–Trinajstić information content (AvgIpc) is 3.23. The molecule has 0 radical (unpaired) electrons. The number of ether oxygens (including phenoxy) is 6. The molecular formula is C45H72O14.